The van der Waals surface area contributed by atoms with Gasteiger partial charge in [-0.25, -0.2) is 0 Å². The van der Waals surface area contributed by atoms with Crippen molar-refractivity contribution in [3.8, 4) is 0 Å². The van der Waals surface area contributed by atoms with Gasteiger partial charge in [-0.3, -0.25) is 0 Å². The van der Waals surface area contributed by atoms with Crippen molar-refractivity contribution < 1.29 is 0 Å². The zero-order valence-electron chi connectivity index (χ0n) is 11.4. The second kappa shape index (κ2) is 7.56. The monoisotopic (exact) mass is 278 g/mol. The molecule has 1 fully saturated rings. The Balaban J connectivity index is 2.61. The Morgan fingerprint density at radius 3 is 1.81 bits per heavy atom. The lowest BCUT2D eigenvalue weighted by molar-refractivity contribution is 1.08. The van der Waals surface area contributed by atoms with Crippen LogP contribution in [-0.4, -0.2) is 42.5 Å². The van der Waals surface area contributed by atoms with Crippen LogP contribution < -0.4 is 0 Å². The van der Waals surface area contributed by atoms with Gasteiger partial charge in [-0.15, -0.1) is 6.89 Å². The topological polar surface area (TPSA) is 0 Å². The quantitative estimate of drug-likeness (QED) is 0.561. The van der Waals surface area contributed by atoms with Crippen molar-refractivity contribution in [1.82, 2.24) is 0 Å². The van der Waals surface area contributed by atoms with Crippen LogP contribution in [0.2, 0.25) is 0 Å². The van der Waals surface area contributed by atoms with E-state index in [-0.39, 0.29) is 0 Å². The van der Waals surface area contributed by atoms with E-state index in [9.17, 15) is 0 Å². The molecular weight excluding hydrogens is 249 g/mol. The van der Waals surface area contributed by atoms with Gasteiger partial charge in [0.25, 0.3) is 0 Å². The van der Waals surface area contributed by atoms with Gasteiger partial charge in [0.1, 0.15) is 0 Å². The normalized spacial score (nSPS) is 35.2. The average Bonchev–Trinajstić information content (AvgIpc) is 2.17. The average molecular weight is 278 g/mol. The van der Waals surface area contributed by atoms with E-state index >= 15 is 0 Å². The molecule has 0 aromatic rings. The van der Waals surface area contributed by atoms with Crippen LogP contribution in [0, 0.1) is 0 Å². The van der Waals surface area contributed by atoms with Gasteiger partial charge in [-0.2, -0.15) is 0 Å². The van der Waals surface area contributed by atoms with Gasteiger partial charge in [0.2, 0.25) is 0 Å². The maximum atomic E-state index is 4.73. The van der Waals surface area contributed by atoms with Crippen molar-refractivity contribution >= 4 is 29.0 Å². The summed E-state index contributed by atoms with van der Waals surface area (Å²) in [5.41, 5.74) is 0. The SMILES string of the molecule is C=P1(CCC)CP(CCC)CP(CCC)C1. The minimum atomic E-state index is -0.727. The molecule has 1 rings (SSSR count). The second-order valence-corrected chi connectivity index (χ2v) is 15.4. The van der Waals surface area contributed by atoms with E-state index in [2.05, 4.69) is 20.8 Å². The lowest BCUT2D eigenvalue weighted by Crippen LogP contribution is -2.10. The molecule has 0 nitrogen and oxygen atoms in total. The van der Waals surface area contributed by atoms with Crippen LogP contribution >= 0.6 is 22.7 Å². The summed E-state index contributed by atoms with van der Waals surface area (Å²) >= 11 is 0. The minimum Gasteiger partial charge on any atom is -0.104 e. The molecule has 96 valence electrons. The Labute approximate surface area is 105 Å². The minimum absolute atomic E-state index is 0.394. The molecule has 0 spiro atoms. The van der Waals surface area contributed by atoms with Gasteiger partial charge >= 0.3 is 0 Å². The van der Waals surface area contributed by atoms with E-state index in [4.69, 9.17) is 6.30 Å². The number of hydrogen-bond donors (Lipinski definition) is 0. The Morgan fingerprint density at radius 1 is 0.938 bits per heavy atom. The van der Waals surface area contributed by atoms with Crippen molar-refractivity contribution in [2.45, 2.75) is 40.0 Å². The standard InChI is InChI=1S/C13H29P3/c1-5-8-14-11-15(9-6-2)13-16(4,12-14)10-7-3/h4-13H2,1-3H3. The number of hydrogen-bond acceptors (Lipinski definition) is 0. The first-order valence-corrected chi connectivity index (χ1v) is 13.1. The first-order valence-electron chi connectivity index (χ1n) is 6.78. The van der Waals surface area contributed by atoms with E-state index in [0.717, 1.165) is 0 Å². The van der Waals surface area contributed by atoms with E-state index in [1.165, 1.54) is 25.4 Å². The van der Waals surface area contributed by atoms with Gasteiger partial charge in [-0.1, -0.05) is 62.2 Å². The molecule has 2 atom stereocenters. The highest BCUT2D eigenvalue weighted by Gasteiger charge is 2.29. The maximum absolute atomic E-state index is 4.73. The van der Waals surface area contributed by atoms with Crippen LogP contribution in [0.5, 0.6) is 0 Å². The fraction of sp³-hybridized carbons (Fsp3) is 0.923. The highest BCUT2D eigenvalue weighted by atomic mass is 31.2. The summed E-state index contributed by atoms with van der Waals surface area (Å²) in [6.45, 7) is 6.35. The molecule has 3 heteroatoms. The molecule has 2 unspecified atom stereocenters. The Morgan fingerprint density at radius 2 is 1.44 bits per heavy atom. The fourth-order valence-corrected chi connectivity index (χ4v) is 20.9. The first-order chi connectivity index (χ1) is 7.63. The fourth-order valence-electron chi connectivity index (χ4n) is 2.80. The molecule has 0 saturated carbocycles. The highest BCUT2D eigenvalue weighted by molar-refractivity contribution is 7.96. The van der Waals surface area contributed by atoms with E-state index in [1.54, 1.807) is 30.0 Å². The Bertz CT molecular complexity index is 219. The Hall–Kier alpha value is 1.16. The zero-order valence-corrected chi connectivity index (χ0v) is 14.1. The largest absolute Gasteiger partial charge is 0.104 e. The first kappa shape index (κ1) is 15.2. The molecule has 1 aliphatic heterocycles. The molecule has 0 aromatic heterocycles. The van der Waals surface area contributed by atoms with Crippen molar-refractivity contribution in [2.24, 2.45) is 0 Å². The van der Waals surface area contributed by atoms with Crippen LogP contribution in [0.3, 0.4) is 0 Å². The zero-order chi connectivity index (χ0) is 12.0. The molecule has 0 N–H and O–H groups in total. The summed E-state index contributed by atoms with van der Waals surface area (Å²) in [5, 5.41) is 0. The van der Waals surface area contributed by atoms with Crippen LogP contribution in [0.15, 0.2) is 0 Å². The van der Waals surface area contributed by atoms with E-state index in [0.29, 0.717) is 15.8 Å². The summed E-state index contributed by atoms with van der Waals surface area (Å²) in [5.74, 6) is 4.83. The van der Waals surface area contributed by atoms with Gasteiger partial charge in [0.15, 0.2) is 0 Å². The third-order valence-corrected chi connectivity index (χ3v) is 17.9. The molecule has 0 aliphatic carbocycles. The van der Waals surface area contributed by atoms with Gasteiger partial charge in [-0.05, 0) is 36.2 Å². The number of rotatable bonds is 6. The maximum Gasteiger partial charge on any atom is -0.0114 e. The molecule has 0 amide bonds. The second-order valence-electron chi connectivity index (χ2n) is 5.28. The third-order valence-electron chi connectivity index (χ3n) is 3.18. The summed E-state index contributed by atoms with van der Waals surface area (Å²) in [6.07, 6.45) is 13.5. The molecule has 1 saturated heterocycles. The predicted molar refractivity (Wildman–Crippen MR) is 88.0 cm³/mol. The lowest BCUT2D eigenvalue weighted by atomic mass is 10.6. The molecule has 1 aliphatic rings. The van der Waals surface area contributed by atoms with Crippen LogP contribution in [0.4, 0.5) is 0 Å². The summed E-state index contributed by atoms with van der Waals surface area (Å²) in [6, 6.07) is 0. The van der Waals surface area contributed by atoms with Crippen molar-refractivity contribution in [2.75, 3.05) is 36.2 Å². The smallest absolute Gasteiger partial charge is 0.0114 e. The predicted octanol–water partition coefficient (Wildman–Crippen LogP) is 5.52. The Kier molecular flexibility index (Phi) is 7.19. The molecular formula is C13H29P3. The van der Waals surface area contributed by atoms with Crippen molar-refractivity contribution in [3.63, 3.8) is 0 Å². The highest BCUT2D eigenvalue weighted by Crippen LogP contribution is 2.71. The molecule has 1 heterocycles. The van der Waals surface area contributed by atoms with Gasteiger partial charge in [0.05, 0.1) is 0 Å². The van der Waals surface area contributed by atoms with Crippen LogP contribution in [-0.2, 0) is 0 Å². The summed E-state index contributed by atoms with van der Waals surface area (Å²) in [4.78, 5) is 0. The van der Waals surface area contributed by atoms with Crippen LogP contribution in [0.1, 0.15) is 40.0 Å². The van der Waals surface area contributed by atoms with Crippen molar-refractivity contribution in [1.29, 1.82) is 0 Å². The summed E-state index contributed by atoms with van der Waals surface area (Å²) in [7, 11) is 0.787. The van der Waals surface area contributed by atoms with Gasteiger partial charge < -0.3 is 0 Å². The van der Waals surface area contributed by atoms with E-state index < -0.39 is 6.89 Å². The third kappa shape index (κ3) is 4.80. The molecule has 0 bridgehead atoms. The lowest BCUT2D eigenvalue weighted by Gasteiger charge is -2.40. The van der Waals surface area contributed by atoms with Gasteiger partial charge in [0, 0.05) is 0 Å². The van der Waals surface area contributed by atoms with Crippen LogP contribution in [0.25, 0.3) is 0 Å². The molecule has 0 aromatic carbocycles. The molecule has 0 radical (unpaired) electrons. The van der Waals surface area contributed by atoms with E-state index in [1.807, 2.05) is 0 Å². The molecule has 16 heavy (non-hydrogen) atoms. The summed E-state index contributed by atoms with van der Waals surface area (Å²) < 4.78 is 0. The van der Waals surface area contributed by atoms with Crippen molar-refractivity contribution in [3.05, 3.63) is 0 Å².